The number of carbonyl (C=O) groups is 4. The van der Waals surface area contributed by atoms with E-state index in [0.29, 0.717) is 12.2 Å². The van der Waals surface area contributed by atoms with Gasteiger partial charge in [0.05, 0.1) is 12.6 Å². The highest BCUT2D eigenvalue weighted by molar-refractivity contribution is 7.98. The van der Waals surface area contributed by atoms with Gasteiger partial charge in [-0.3, -0.25) is 14.4 Å². The normalized spacial score (nSPS) is 17.4. The molecule has 1 aromatic carbocycles. The first-order chi connectivity index (χ1) is 14.9. The van der Waals surface area contributed by atoms with Crippen LogP contribution in [0.25, 0.3) is 0 Å². The average Bonchev–Trinajstić information content (AvgIpc) is 3.30. The zero-order valence-electron chi connectivity index (χ0n) is 17.6. The highest BCUT2D eigenvalue weighted by Crippen LogP contribution is 2.07. The average molecular weight is 451 g/mol. The van der Waals surface area contributed by atoms with Crippen molar-refractivity contribution in [3.63, 3.8) is 0 Å². The van der Waals surface area contributed by atoms with Crippen LogP contribution >= 0.6 is 11.8 Å². The predicted molar refractivity (Wildman–Crippen MR) is 119 cm³/mol. The fourth-order valence-electron chi connectivity index (χ4n) is 3.27. The van der Waals surface area contributed by atoms with E-state index in [0.717, 1.165) is 24.9 Å². The molecular formula is C21H30N4O5S. The molecule has 0 bridgehead atoms. The van der Waals surface area contributed by atoms with E-state index in [-0.39, 0.29) is 24.9 Å². The predicted octanol–water partition coefficient (Wildman–Crippen LogP) is -0.0954. The van der Waals surface area contributed by atoms with Crippen molar-refractivity contribution in [3.8, 4) is 0 Å². The van der Waals surface area contributed by atoms with Crippen LogP contribution < -0.4 is 21.3 Å². The van der Waals surface area contributed by atoms with Gasteiger partial charge in [-0.2, -0.15) is 11.8 Å². The third-order valence-corrected chi connectivity index (χ3v) is 5.60. The topological polar surface area (TPSA) is 137 Å². The molecule has 1 fully saturated rings. The summed E-state index contributed by atoms with van der Waals surface area (Å²) in [5.74, 6) is -1.85. The van der Waals surface area contributed by atoms with Gasteiger partial charge >= 0.3 is 5.97 Å². The fourth-order valence-corrected chi connectivity index (χ4v) is 3.74. The molecule has 170 valence electrons. The summed E-state index contributed by atoms with van der Waals surface area (Å²) in [6.45, 7) is 0.529. The summed E-state index contributed by atoms with van der Waals surface area (Å²) in [4.78, 5) is 48.7. The van der Waals surface area contributed by atoms with E-state index >= 15 is 0 Å². The molecule has 31 heavy (non-hydrogen) atoms. The van der Waals surface area contributed by atoms with E-state index in [4.69, 9.17) is 0 Å². The van der Waals surface area contributed by atoms with Gasteiger partial charge in [0.1, 0.15) is 12.1 Å². The maximum atomic E-state index is 12.7. The number of hydrogen-bond acceptors (Lipinski definition) is 6. The van der Waals surface area contributed by atoms with Crippen LogP contribution in [0.3, 0.4) is 0 Å². The van der Waals surface area contributed by atoms with Crippen LogP contribution in [-0.2, 0) is 25.6 Å². The van der Waals surface area contributed by atoms with E-state index < -0.39 is 29.9 Å². The number of carboxylic acid groups (broad SMARTS) is 1. The summed E-state index contributed by atoms with van der Waals surface area (Å²) in [5.41, 5.74) is 0.781. The number of carbonyl (C=O) groups excluding carboxylic acids is 3. The van der Waals surface area contributed by atoms with Gasteiger partial charge in [0.15, 0.2) is 0 Å². The summed E-state index contributed by atoms with van der Waals surface area (Å²) < 4.78 is 0. The molecule has 10 heteroatoms. The molecule has 0 spiro atoms. The lowest BCUT2D eigenvalue weighted by atomic mass is 10.1. The van der Waals surface area contributed by atoms with Gasteiger partial charge in [0.25, 0.3) is 0 Å². The summed E-state index contributed by atoms with van der Waals surface area (Å²) in [7, 11) is 0. The van der Waals surface area contributed by atoms with Crippen LogP contribution in [0.5, 0.6) is 0 Å². The molecule has 0 saturated carbocycles. The second-order valence-electron chi connectivity index (χ2n) is 7.36. The van der Waals surface area contributed by atoms with Crippen LogP contribution in [0, 0.1) is 0 Å². The molecule has 3 atom stereocenters. The monoisotopic (exact) mass is 450 g/mol. The molecule has 5 N–H and O–H groups in total. The molecule has 3 amide bonds. The lowest BCUT2D eigenvalue weighted by Gasteiger charge is -2.22. The lowest BCUT2D eigenvalue weighted by Crippen LogP contribution is -2.54. The number of rotatable bonds is 12. The Bertz CT molecular complexity index is 755. The Balaban J connectivity index is 1.92. The number of benzene rings is 1. The van der Waals surface area contributed by atoms with Crippen LogP contribution in [0.2, 0.25) is 0 Å². The molecular weight excluding hydrogens is 420 g/mol. The zero-order chi connectivity index (χ0) is 22.6. The van der Waals surface area contributed by atoms with Gasteiger partial charge in [-0.05, 0) is 43.4 Å². The Labute approximate surface area is 186 Å². The Hall–Kier alpha value is -2.59. The van der Waals surface area contributed by atoms with Crippen molar-refractivity contribution >= 4 is 35.5 Å². The molecule has 1 saturated heterocycles. The van der Waals surface area contributed by atoms with E-state index in [2.05, 4.69) is 21.3 Å². The van der Waals surface area contributed by atoms with E-state index in [1.54, 1.807) is 24.3 Å². The zero-order valence-corrected chi connectivity index (χ0v) is 18.4. The quantitative estimate of drug-likeness (QED) is 0.300. The van der Waals surface area contributed by atoms with Crippen molar-refractivity contribution in [1.82, 2.24) is 21.3 Å². The first-order valence-electron chi connectivity index (χ1n) is 10.3. The van der Waals surface area contributed by atoms with Gasteiger partial charge in [0.2, 0.25) is 17.7 Å². The van der Waals surface area contributed by atoms with Crippen LogP contribution in [0.1, 0.15) is 24.8 Å². The lowest BCUT2D eigenvalue weighted by molar-refractivity contribution is -0.142. The molecule has 0 aromatic heterocycles. The molecule has 0 radical (unpaired) electrons. The van der Waals surface area contributed by atoms with Crippen LogP contribution in [0.15, 0.2) is 30.3 Å². The minimum atomic E-state index is -1.15. The van der Waals surface area contributed by atoms with E-state index in [1.165, 1.54) is 11.8 Å². The Morgan fingerprint density at radius 2 is 1.90 bits per heavy atom. The first kappa shape index (κ1) is 24.7. The third kappa shape index (κ3) is 8.58. The van der Waals surface area contributed by atoms with E-state index in [1.807, 2.05) is 12.3 Å². The van der Waals surface area contributed by atoms with Crippen molar-refractivity contribution < 1.29 is 24.3 Å². The summed E-state index contributed by atoms with van der Waals surface area (Å²) in [5, 5.41) is 20.3. The van der Waals surface area contributed by atoms with Crippen molar-refractivity contribution in [1.29, 1.82) is 0 Å². The number of hydrogen-bond donors (Lipinski definition) is 5. The highest BCUT2D eigenvalue weighted by Gasteiger charge is 2.27. The second-order valence-corrected chi connectivity index (χ2v) is 8.34. The number of thioether (sulfide) groups is 1. The van der Waals surface area contributed by atoms with Crippen molar-refractivity contribution in [2.45, 2.75) is 43.8 Å². The van der Waals surface area contributed by atoms with Crippen LogP contribution in [0.4, 0.5) is 0 Å². The number of carboxylic acids is 1. The fraction of sp³-hybridized carbons (Fsp3) is 0.524. The van der Waals surface area contributed by atoms with Gasteiger partial charge in [-0.15, -0.1) is 0 Å². The molecule has 1 aliphatic heterocycles. The summed E-state index contributed by atoms with van der Waals surface area (Å²) in [6.07, 6.45) is 3.99. The van der Waals surface area contributed by atoms with Crippen molar-refractivity contribution in [2.24, 2.45) is 0 Å². The van der Waals surface area contributed by atoms with E-state index in [9.17, 15) is 24.3 Å². The molecule has 1 aromatic rings. The number of aliphatic carboxylic acids is 1. The largest absolute Gasteiger partial charge is 0.480 e. The molecule has 2 rings (SSSR count). The van der Waals surface area contributed by atoms with Gasteiger partial charge in [0, 0.05) is 6.42 Å². The first-order valence-corrected chi connectivity index (χ1v) is 11.7. The maximum Gasteiger partial charge on any atom is 0.326 e. The Kier molecular flexibility index (Phi) is 10.3. The minimum absolute atomic E-state index is 0.134. The Morgan fingerprint density at radius 3 is 2.52 bits per heavy atom. The Morgan fingerprint density at radius 1 is 1.16 bits per heavy atom. The van der Waals surface area contributed by atoms with Crippen LogP contribution in [-0.4, -0.2) is 72.0 Å². The SMILES string of the molecule is CSCCC(NC(=O)CNC(=O)C1CCCN1)C(=O)NC(Cc1ccccc1)C(=O)O. The second kappa shape index (κ2) is 13.0. The van der Waals surface area contributed by atoms with Gasteiger partial charge < -0.3 is 26.4 Å². The number of nitrogens with one attached hydrogen (secondary N) is 4. The summed E-state index contributed by atoms with van der Waals surface area (Å²) >= 11 is 1.51. The maximum absolute atomic E-state index is 12.7. The van der Waals surface area contributed by atoms with Crippen molar-refractivity contribution in [3.05, 3.63) is 35.9 Å². The molecule has 1 aliphatic rings. The van der Waals surface area contributed by atoms with Crippen molar-refractivity contribution in [2.75, 3.05) is 25.1 Å². The smallest absolute Gasteiger partial charge is 0.326 e. The molecule has 1 heterocycles. The third-order valence-electron chi connectivity index (χ3n) is 4.96. The molecule has 9 nitrogen and oxygen atoms in total. The molecule has 3 unspecified atom stereocenters. The number of amides is 3. The standard InChI is InChI=1S/C21H30N4O5S/c1-31-11-9-16(24-18(26)13-23-19(27)15-8-5-10-22-15)20(28)25-17(21(29)30)12-14-6-3-2-4-7-14/h2-4,6-7,15-17,22H,5,8-13H2,1H3,(H,23,27)(H,24,26)(H,25,28)(H,29,30). The molecule has 0 aliphatic carbocycles. The summed E-state index contributed by atoms with van der Waals surface area (Å²) in [6, 6.07) is 6.70. The van der Waals surface area contributed by atoms with Gasteiger partial charge in [-0.1, -0.05) is 30.3 Å². The highest BCUT2D eigenvalue weighted by atomic mass is 32.2. The van der Waals surface area contributed by atoms with Gasteiger partial charge in [-0.25, -0.2) is 4.79 Å². The minimum Gasteiger partial charge on any atom is -0.480 e.